The predicted octanol–water partition coefficient (Wildman–Crippen LogP) is -1.06. The molecule has 230 valence electrons. The van der Waals surface area contributed by atoms with E-state index in [0.717, 1.165) is 38.5 Å². The number of rotatable bonds is 11. The largest absolute Gasteiger partial charge is 1.00 e. The van der Waals surface area contributed by atoms with Gasteiger partial charge in [-0.3, -0.25) is 0 Å². The third kappa shape index (κ3) is 7.85. The summed E-state index contributed by atoms with van der Waals surface area (Å²) in [5.41, 5.74) is 10.3. The van der Waals surface area contributed by atoms with Crippen molar-refractivity contribution in [3.63, 3.8) is 0 Å². The Morgan fingerprint density at radius 2 is 0.814 bits per heavy atom. The van der Waals surface area contributed by atoms with Crippen molar-refractivity contribution in [2.75, 3.05) is 0 Å². The molecule has 1 aliphatic carbocycles. The molecule has 0 saturated carbocycles. The van der Waals surface area contributed by atoms with Crippen molar-refractivity contribution in [2.24, 2.45) is 5.92 Å². The normalized spacial score (nSPS) is 15.9. The van der Waals surface area contributed by atoms with Crippen molar-refractivity contribution < 1.29 is 57.7 Å². The Hall–Kier alpha value is -1.06. The monoisotopic (exact) mass is 686 g/mol. The zero-order chi connectivity index (χ0) is 29.1. The minimum atomic E-state index is -2.65. The average Bonchev–Trinajstić information content (AvgIpc) is 3.39. The molecule has 0 amide bonds. The first-order valence-corrected chi connectivity index (χ1v) is 18.5. The van der Waals surface area contributed by atoms with Gasteiger partial charge in [-0.05, 0) is 0 Å². The quantitative estimate of drug-likeness (QED) is 0.178. The first-order valence-electron chi connectivity index (χ1n) is 15.7. The van der Waals surface area contributed by atoms with Crippen molar-refractivity contribution in [2.45, 2.75) is 97.3 Å². The Morgan fingerprint density at radius 1 is 0.535 bits per heavy atom. The first kappa shape index (κ1) is 40.0. The number of hydrogen-bond donors (Lipinski definition) is 0. The summed E-state index contributed by atoms with van der Waals surface area (Å²) in [7, 11) is -2.65. The molecule has 0 N–H and O–H groups in total. The van der Waals surface area contributed by atoms with E-state index in [-0.39, 0.29) is 40.6 Å². The van der Waals surface area contributed by atoms with Crippen molar-refractivity contribution >= 4 is 23.6 Å². The molecule has 0 bridgehead atoms. The molecule has 0 fully saturated rings. The summed E-state index contributed by atoms with van der Waals surface area (Å²) in [6, 6.07) is 22.9. The minimum absolute atomic E-state index is 0. The first-order chi connectivity index (χ1) is 19.2. The molecule has 1 atom stereocenters. The molecule has 1 unspecified atom stereocenters. The van der Waals surface area contributed by atoms with Gasteiger partial charge < -0.3 is 37.2 Å². The van der Waals surface area contributed by atoms with Crippen LogP contribution < -0.4 is 52.8 Å². The smallest absolute Gasteiger partial charge is 1.00 e. The van der Waals surface area contributed by atoms with E-state index in [1.165, 1.54) is 39.0 Å². The van der Waals surface area contributed by atoms with Gasteiger partial charge in [-0.2, -0.15) is 0 Å². The maximum Gasteiger partial charge on any atom is -1.00 e. The van der Waals surface area contributed by atoms with Gasteiger partial charge in [0.25, 0.3) is 0 Å². The van der Waals surface area contributed by atoms with E-state index in [9.17, 15) is 0 Å². The number of allylic oxidation sites excluding steroid dienone is 4. The van der Waals surface area contributed by atoms with Gasteiger partial charge in [0.1, 0.15) is 0 Å². The molecule has 0 saturated heterocycles. The topological polar surface area (TPSA) is 0 Å². The molecule has 0 radical (unpaired) electrons. The summed E-state index contributed by atoms with van der Waals surface area (Å²) in [4.78, 5) is 0. The third-order valence-electron chi connectivity index (χ3n) is 9.13. The Labute approximate surface area is 294 Å². The van der Waals surface area contributed by atoms with Crippen LogP contribution in [0.3, 0.4) is 0 Å². The van der Waals surface area contributed by atoms with Gasteiger partial charge in [0, 0.05) is 0 Å². The Balaban J connectivity index is 0.00000308. The number of hydrogen-bond acceptors (Lipinski definition) is 0. The van der Waals surface area contributed by atoms with Crippen LogP contribution in [0.25, 0.3) is 0 Å². The second kappa shape index (κ2) is 17.0. The number of aryl methyl sites for hydroxylation is 6. The van der Waals surface area contributed by atoms with Crippen LogP contribution in [0.4, 0.5) is 0 Å². The molecule has 0 nitrogen and oxygen atoms in total. The van der Waals surface area contributed by atoms with Gasteiger partial charge in [-0.1, -0.05) is 0 Å². The van der Waals surface area contributed by atoms with E-state index in [1.54, 1.807) is 15.6 Å². The van der Waals surface area contributed by atoms with Crippen LogP contribution >= 0.6 is 0 Å². The van der Waals surface area contributed by atoms with Gasteiger partial charge in [0.2, 0.25) is 0 Å². The predicted molar refractivity (Wildman–Crippen MR) is 175 cm³/mol. The van der Waals surface area contributed by atoms with Gasteiger partial charge in [-0.15, -0.1) is 0 Å². The fraction of sp³-hybridized carbons (Fsp3) is 0.421. The van der Waals surface area contributed by atoms with Crippen molar-refractivity contribution in [1.29, 1.82) is 0 Å². The molecule has 3 aromatic carbocycles. The molecule has 0 spiro atoms. The maximum atomic E-state index is 2.67. The average molecular weight is 688 g/mol. The summed E-state index contributed by atoms with van der Waals surface area (Å²) >= 11 is 2.56. The van der Waals surface area contributed by atoms with Crippen LogP contribution in [0, 0.1) is 5.92 Å². The van der Waals surface area contributed by atoms with Crippen LogP contribution in [0.5, 0.6) is 0 Å². The summed E-state index contributed by atoms with van der Waals surface area (Å²) in [5.74, 6) is 0.513. The molecule has 0 heterocycles. The molecule has 0 aromatic heterocycles. The van der Waals surface area contributed by atoms with E-state index in [4.69, 9.17) is 0 Å². The van der Waals surface area contributed by atoms with Crippen LogP contribution in [-0.2, 0) is 59.0 Å². The van der Waals surface area contributed by atoms with Crippen molar-refractivity contribution in [1.82, 2.24) is 0 Å². The van der Waals surface area contributed by atoms with Gasteiger partial charge >= 0.3 is 259 Å². The van der Waals surface area contributed by atoms with Gasteiger partial charge in [-0.25, -0.2) is 0 Å². The van der Waals surface area contributed by atoms with E-state index in [2.05, 4.69) is 149 Å². The molecule has 4 rings (SSSR count). The third-order valence-corrected chi connectivity index (χ3v) is 16.4. The summed E-state index contributed by atoms with van der Waals surface area (Å²) in [6.07, 6.45) is 14.1. The fourth-order valence-electron chi connectivity index (χ4n) is 6.56. The number of halogens is 3. The van der Waals surface area contributed by atoms with Crippen LogP contribution in [0.1, 0.15) is 88.8 Å². The Morgan fingerprint density at radius 3 is 1.02 bits per heavy atom. The van der Waals surface area contributed by atoms with Gasteiger partial charge in [0.15, 0.2) is 0 Å². The Bertz CT molecular complexity index is 1220. The molecule has 3 aromatic rings. The second-order valence-corrected chi connectivity index (χ2v) is 18.1. The molecular formula is C38H49Cl3SiTi. The molecular weight excluding hydrogens is 639 g/mol. The summed E-state index contributed by atoms with van der Waals surface area (Å²) in [6.45, 7) is 18.6. The zero-order valence-electron chi connectivity index (χ0n) is 27.4. The number of benzene rings is 3. The van der Waals surface area contributed by atoms with Crippen molar-refractivity contribution in [3.8, 4) is 0 Å². The molecule has 0 aliphatic heterocycles. The van der Waals surface area contributed by atoms with Crippen molar-refractivity contribution in [3.05, 3.63) is 112 Å². The van der Waals surface area contributed by atoms with Crippen LogP contribution in [0.2, 0.25) is 3.34 Å². The fourth-order valence-corrected chi connectivity index (χ4v) is 14.5. The van der Waals surface area contributed by atoms with E-state index in [1.807, 2.05) is 0 Å². The minimum Gasteiger partial charge on any atom is -1.00 e. The second-order valence-electron chi connectivity index (χ2n) is 12.0. The Kier molecular flexibility index (Phi) is 15.8. The maximum absolute atomic E-state index is 2.67. The molecule has 5 heteroatoms. The standard InChI is InChI=1S/C38H49Si.3ClH.Ti/c1-9-28-17-29(10-2)21-36(20-28)39(35-16-15-34(26-35)27(7)8,37-22-30(11-3)18-31(12-4)23-37)38-24-32(13-5)19-33(14-6)25-38;;;;/h15-27H,9-14H2,1-8H3;3*1H;/q;;;;+3/p-3. The SMILES string of the molecule is CCc1cc(CC)cc([Si](c2cc(CC)cc(CC)c2)(c2cc(CC)cc(CC)c2)[C]2([Ti+3])C=CC(C(C)C)=C2)c1.[Cl-].[Cl-].[Cl-]. The molecule has 1 aliphatic rings. The van der Waals surface area contributed by atoms with E-state index >= 15 is 0 Å². The van der Waals surface area contributed by atoms with Crippen LogP contribution in [0.15, 0.2) is 78.4 Å². The zero-order valence-corrected chi connectivity index (χ0v) is 32.2. The summed E-state index contributed by atoms with van der Waals surface area (Å²) in [5, 5.41) is 4.72. The summed E-state index contributed by atoms with van der Waals surface area (Å²) < 4.78 is -0.0846. The van der Waals surface area contributed by atoms with Crippen LogP contribution in [-0.4, -0.2) is 8.07 Å². The molecule has 43 heavy (non-hydrogen) atoms. The van der Waals surface area contributed by atoms with E-state index < -0.39 is 8.07 Å². The van der Waals surface area contributed by atoms with Gasteiger partial charge in [0.05, 0.1) is 0 Å². The van der Waals surface area contributed by atoms with E-state index in [0.29, 0.717) is 5.92 Å².